The predicted molar refractivity (Wildman–Crippen MR) is 84.7 cm³/mol. The van der Waals surface area contributed by atoms with E-state index < -0.39 is 0 Å². The lowest BCUT2D eigenvalue weighted by Gasteiger charge is -2.39. The highest BCUT2D eigenvalue weighted by Gasteiger charge is 2.27. The number of hydrogen-bond acceptors (Lipinski definition) is 4. The van der Waals surface area contributed by atoms with Gasteiger partial charge in [0.1, 0.15) is 6.61 Å². The zero-order valence-corrected chi connectivity index (χ0v) is 13.6. The van der Waals surface area contributed by atoms with Gasteiger partial charge >= 0.3 is 0 Å². The minimum atomic E-state index is 0.0701. The topological polar surface area (TPSA) is 58.8 Å². The highest BCUT2D eigenvalue weighted by atomic mass is 32.1. The fourth-order valence-electron chi connectivity index (χ4n) is 2.39. The van der Waals surface area contributed by atoms with Crippen LogP contribution < -0.4 is 5.73 Å². The van der Waals surface area contributed by atoms with Crippen molar-refractivity contribution in [1.29, 1.82) is 0 Å². The third kappa shape index (κ3) is 5.34. The number of thiocarbonyl (C=S) groups is 1. The van der Waals surface area contributed by atoms with Crippen LogP contribution in [-0.2, 0) is 9.53 Å². The Kier molecular flexibility index (Phi) is 7.40. The van der Waals surface area contributed by atoms with Crippen LogP contribution in [0.2, 0.25) is 0 Å². The highest BCUT2D eigenvalue weighted by molar-refractivity contribution is 7.80. The molecule has 1 unspecified atom stereocenters. The maximum atomic E-state index is 12.0. The molecule has 0 aromatic carbocycles. The highest BCUT2D eigenvalue weighted by Crippen LogP contribution is 2.12. The van der Waals surface area contributed by atoms with Gasteiger partial charge < -0.3 is 15.4 Å². The lowest BCUT2D eigenvalue weighted by molar-refractivity contribution is -0.139. The van der Waals surface area contributed by atoms with Crippen molar-refractivity contribution in [2.45, 2.75) is 45.8 Å². The van der Waals surface area contributed by atoms with Gasteiger partial charge in [-0.15, -0.1) is 0 Å². The van der Waals surface area contributed by atoms with E-state index in [1.54, 1.807) is 0 Å². The standard InChI is InChI=1S/C14H27N3O2S/c1-4-5-12(14(15)20)16-6-8-17(9-7-16)13(18)10-19-11(2)3/h11-12H,4-10H2,1-3H3,(H2,15,20). The molecule has 0 saturated carbocycles. The van der Waals surface area contributed by atoms with Crippen LogP contribution in [-0.4, -0.2) is 65.6 Å². The molecule has 5 nitrogen and oxygen atoms in total. The van der Waals surface area contributed by atoms with Gasteiger partial charge in [-0.25, -0.2) is 0 Å². The Morgan fingerprint density at radius 3 is 2.35 bits per heavy atom. The molecule has 1 aliphatic heterocycles. The summed E-state index contributed by atoms with van der Waals surface area (Å²) in [6, 6.07) is 0.166. The normalized spacial score (nSPS) is 18.3. The Balaban J connectivity index is 2.42. The summed E-state index contributed by atoms with van der Waals surface area (Å²) < 4.78 is 5.36. The SMILES string of the molecule is CCCC(C(N)=S)N1CCN(C(=O)COC(C)C)CC1. The second-order valence-electron chi connectivity index (χ2n) is 5.48. The molecule has 0 bridgehead atoms. The molecule has 1 amide bonds. The number of carbonyl (C=O) groups is 1. The number of nitrogens with zero attached hydrogens (tertiary/aromatic N) is 2. The van der Waals surface area contributed by atoms with E-state index in [1.807, 2.05) is 18.7 Å². The molecule has 1 rings (SSSR count). The van der Waals surface area contributed by atoms with Crippen LogP contribution in [0.25, 0.3) is 0 Å². The molecule has 2 N–H and O–H groups in total. The number of rotatable bonds is 7. The van der Waals surface area contributed by atoms with Gasteiger partial charge in [0.05, 0.1) is 17.1 Å². The van der Waals surface area contributed by atoms with E-state index in [0.29, 0.717) is 4.99 Å². The second kappa shape index (κ2) is 8.54. The van der Waals surface area contributed by atoms with Crippen LogP contribution in [0.1, 0.15) is 33.6 Å². The summed E-state index contributed by atoms with van der Waals surface area (Å²) in [4.78, 5) is 16.7. The molecular weight excluding hydrogens is 274 g/mol. The van der Waals surface area contributed by atoms with E-state index in [2.05, 4.69) is 11.8 Å². The van der Waals surface area contributed by atoms with Gasteiger partial charge in [0.25, 0.3) is 0 Å². The zero-order chi connectivity index (χ0) is 15.1. The molecule has 20 heavy (non-hydrogen) atoms. The first-order valence-corrected chi connectivity index (χ1v) is 7.79. The van der Waals surface area contributed by atoms with Gasteiger partial charge in [-0.05, 0) is 20.3 Å². The first-order chi connectivity index (χ1) is 9.45. The van der Waals surface area contributed by atoms with Crippen molar-refractivity contribution in [3.8, 4) is 0 Å². The molecule has 0 radical (unpaired) electrons. The molecule has 1 heterocycles. The summed E-state index contributed by atoms with van der Waals surface area (Å²) >= 11 is 5.15. The quantitative estimate of drug-likeness (QED) is 0.711. The Morgan fingerprint density at radius 1 is 1.30 bits per heavy atom. The molecule has 116 valence electrons. The van der Waals surface area contributed by atoms with E-state index in [9.17, 15) is 4.79 Å². The summed E-state index contributed by atoms with van der Waals surface area (Å²) in [5.41, 5.74) is 5.82. The molecule has 6 heteroatoms. The van der Waals surface area contributed by atoms with Gasteiger partial charge in [-0.1, -0.05) is 25.6 Å². The first kappa shape index (κ1) is 17.3. The summed E-state index contributed by atoms with van der Waals surface area (Å²) in [5, 5.41) is 0. The van der Waals surface area contributed by atoms with Crippen LogP contribution >= 0.6 is 12.2 Å². The Hall–Kier alpha value is -0.720. The van der Waals surface area contributed by atoms with Gasteiger partial charge in [0.2, 0.25) is 5.91 Å². The molecule has 0 aromatic heterocycles. The molecule has 1 atom stereocenters. The van der Waals surface area contributed by atoms with Crippen LogP contribution in [0.15, 0.2) is 0 Å². The number of hydrogen-bond donors (Lipinski definition) is 1. The molecule has 1 fully saturated rings. The van der Waals surface area contributed by atoms with Crippen molar-refractivity contribution in [2.75, 3.05) is 32.8 Å². The van der Waals surface area contributed by atoms with Crippen LogP contribution in [0.5, 0.6) is 0 Å². The number of amides is 1. The maximum absolute atomic E-state index is 12.0. The van der Waals surface area contributed by atoms with E-state index >= 15 is 0 Å². The lowest BCUT2D eigenvalue weighted by Crippen LogP contribution is -2.55. The monoisotopic (exact) mass is 301 g/mol. The average molecular weight is 301 g/mol. The molecule has 0 spiro atoms. The summed E-state index contributed by atoms with van der Waals surface area (Å²) in [6.07, 6.45) is 2.13. The first-order valence-electron chi connectivity index (χ1n) is 7.38. The smallest absolute Gasteiger partial charge is 0.248 e. The van der Waals surface area contributed by atoms with Gasteiger partial charge in [-0.2, -0.15) is 0 Å². The van der Waals surface area contributed by atoms with Crippen molar-refractivity contribution < 1.29 is 9.53 Å². The third-order valence-corrected chi connectivity index (χ3v) is 3.81. The van der Waals surface area contributed by atoms with E-state index in [1.165, 1.54) is 0 Å². The van der Waals surface area contributed by atoms with E-state index in [4.69, 9.17) is 22.7 Å². The third-order valence-electron chi connectivity index (χ3n) is 3.54. The molecule has 1 aliphatic rings. The van der Waals surface area contributed by atoms with Gasteiger partial charge in [0, 0.05) is 26.2 Å². The Labute approximate surface area is 127 Å². The fourth-order valence-corrected chi connectivity index (χ4v) is 2.66. The Morgan fingerprint density at radius 2 is 1.90 bits per heavy atom. The molecule has 1 saturated heterocycles. The Bertz CT molecular complexity index is 328. The van der Waals surface area contributed by atoms with Crippen molar-refractivity contribution in [3.05, 3.63) is 0 Å². The molecular formula is C14H27N3O2S. The fraction of sp³-hybridized carbons (Fsp3) is 0.857. The second-order valence-corrected chi connectivity index (χ2v) is 5.95. The van der Waals surface area contributed by atoms with Gasteiger partial charge in [0.15, 0.2) is 0 Å². The number of ether oxygens (including phenoxy) is 1. The summed E-state index contributed by atoms with van der Waals surface area (Å²) in [7, 11) is 0. The van der Waals surface area contributed by atoms with Crippen molar-refractivity contribution in [2.24, 2.45) is 5.73 Å². The summed E-state index contributed by atoms with van der Waals surface area (Å²) in [6.45, 7) is 9.28. The lowest BCUT2D eigenvalue weighted by atomic mass is 10.1. The molecule has 0 aromatic rings. The van der Waals surface area contributed by atoms with Crippen molar-refractivity contribution in [1.82, 2.24) is 9.80 Å². The van der Waals surface area contributed by atoms with E-state index in [0.717, 1.165) is 39.0 Å². The predicted octanol–water partition coefficient (Wildman–Crippen LogP) is 1.01. The van der Waals surface area contributed by atoms with E-state index in [-0.39, 0.29) is 24.7 Å². The van der Waals surface area contributed by atoms with Gasteiger partial charge in [-0.3, -0.25) is 9.69 Å². The zero-order valence-electron chi connectivity index (χ0n) is 12.8. The number of carbonyl (C=O) groups excluding carboxylic acids is 1. The van der Waals surface area contributed by atoms with Crippen molar-refractivity contribution in [3.63, 3.8) is 0 Å². The number of nitrogens with two attached hydrogens (primary N) is 1. The van der Waals surface area contributed by atoms with Crippen LogP contribution in [0, 0.1) is 0 Å². The maximum Gasteiger partial charge on any atom is 0.248 e. The molecule has 0 aliphatic carbocycles. The van der Waals surface area contributed by atoms with Crippen LogP contribution in [0.3, 0.4) is 0 Å². The largest absolute Gasteiger partial charge is 0.392 e. The van der Waals surface area contributed by atoms with Crippen LogP contribution in [0.4, 0.5) is 0 Å². The average Bonchev–Trinajstić information content (AvgIpc) is 2.42. The minimum absolute atomic E-state index is 0.0701. The number of piperazine rings is 1. The summed E-state index contributed by atoms with van der Waals surface area (Å²) in [5.74, 6) is 0.0701. The van der Waals surface area contributed by atoms with Crippen molar-refractivity contribution >= 4 is 23.1 Å². The minimum Gasteiger partial charge on any atom is -0.392 e.